The smallest absolute Gasteiger partial charge is 0.127 e. The standard InChI is InChI=1S/C15H15NO/c1-12-7-3-5-9-14(12)16-11-13-8-4-6-10-15(13)17-2/h3-11H,1-2H3. The van der Waals surface area contributed by atoms with Gasteiger partial charge in [-0.3, -0.25) is 4.99 Å². The zero-order valence-electron chi connectivity index (χ0n) is 10.1. The van der Waals surface area contributed by atoms with E-state index in [1.807, 2.05) is 48.7 Å². The number of hydrogen-bond donors (Lipinski definition) is 0. The normalized spacial score (nSPS) is 10.7. The molecule has 0 radical (unpaired) electrons. The zero-order chi connectivity index (χ0) is 12.1. The number of aliphatic imine (C=N–C) groups is 1. The average molecular weight is 225 g/mol. The summed E-state index contributed by atoms with van der Waals surface area (Å²) >= 11 is 0. The van der Waals surface area contributed by atoms with Crippen molar-refractivity contribution in [3.05, 3.63) is 59.7 Å². The highest BCUT2D eigenvalue weighted by Crippen LogP contribution is 2.19. The van der Waals surface area contributed by atoms with Crippen molar-refractivity contribution in [2.45, 2.75) is 6.92 Å². The maximum absolute atomic E-state index is 5.27. The molecule has 2 heteroatoms. The predicted molar refractivity (Wildman–Crippen MR) is 71.4 cm³/mol. The highest BCUT2D eigenvalue weighted by Gasteiger charge is 1.98. The van der Waals surface area contributed by atoms with Crippen molar-refractivity contribution in [3.8, 4) is 5.75 Å². The Morgan fingerprint density at radius 2 is 1.71 bits per heavy atom. The van der Waals surface area contributed by atoms with Gasteiger partial charge in [0.1, 0.15) is 5.75 Å². The van der Waals surface area contributed by atoms with Gasteiger partial charge in [0.25, 0.3) is 0 Å². The molecule has 0 fully saturated rings. The molecule has 0 heterocycles. The summed E-state index contributed by atoms with van der Waals surface area (Å²) in [4.78, 5) is 4.48. The van der Waals surface area contributed by atoms with E-state index in [0.717, 1.165) is 17.0 Å². The average Bonchev–Trinajstić information content (AvgIpc) is 2.38. The van der Waals surface area contributed by atoms with Gasteiger partial charge >= 0.3 is 0 Å². The van der Waals surface area contributed by atoms with Crippen LogP contribution in [-0.4, -0.2) is 13.3 Å². The molecule has 0 amide bonds. The zero-order valence-corrected chi connectivity index (χ0v) is 10.1. The van der Waals surface area contributed by atoms with E-state index in [9.17, 15) is 0 Å². The second-order valence-corrected chi connectivity index (χ2v) is 3.79. The molecular weight excluding hydrogens is 210 g/mol. The molecule has 0 atom stereocenters. The topological polar surface area (TPSA) is 21.6 Å². The molecular formula is C15H15NO. The summed E-state index contributed by atoms with van der Waals surface area (Å²) in [5.74, 6) is 0.838. The number of ether oxygens (including phenoxy) is 1. The summed E-state index contributed by atoms with van der Waals surface area (Å²) in [5.41, 5.74) is 3.13. The van der Waals surface area contributed by atoms with Crippen LogP contribution >= 0.6 is 0 Å². The predicted octanol–water partition coefficient (Wildman–Crippen LogP) is 3.75. The van der Waals surface area contributed by atoms with Crippen LogP contribution in [0.25, 0.3) is 0 Å². The molecule has 0 aliphatic heterocycles. The van der Waals surface area contributed by atoms with Gasteiger partial charge in [-0.15, -0.1) is 0 Å². The molecule has 0 N–H and O–H groups in total. The molecule has 2 aromatic carbocycles. The van der Waals surface area contributed by atoms with Crippen LogP contribution in [0.2, 0.25) is 0 Å². The minimum absolute atomic E-state index is 0.838. The first-order valence-corrected chi connectivity index (χ1v) is 5.54. The summed E-state index contributed by atoms with van der Waals surface area (Å²) in [5, 5.41) is 0. The molecule has 17 heavy (non-hydrogen) atoms. The monoisotopic (exact) mass is 225 g/mol. The lowest BCUT2D eigenvalue weighted by atomic mass is 10.2. The van der Waals surface area contributed by atoms with E-state index < -0.39 is 0 Å². The Morgan fingerprint density at radius 3 is 2.47 bits per heavy atom. The second-order valence-electron chi connectivity index (χ2n) is 3.79. The third-order valence-electron chi connectivity index (χ3n) is 2.60. The minimum atomic E-state index is 0.838. The summed E-state index contributed by atoms with van der Waals surface area (Å²) in [7, 11) is 1.67. The molecule has 0 bridgehead atoms. The van der Waals surface area contributed by atoms with Crippen LogP contribution < -0.4 is 4.74 Å². The van der Waals surface area contributed by atoms with Crippen LogP contribution in [0.5, 0.6) is 5.75 Å². The Balaban J connectivity index is 2.29. The van der Waals surface area contributed by atoms with Crippen LogP contribution in [-0.2, 0) is 0 Å². The van der Waals surface area contributed by atoms with E-state index in [1.54, 1.807) is 7.11 Å². The molecule has 0 aliphatic rings. The number of methoxy groups -OCH3 is 1. The number of rotatable bonds is 3. The maximum atomic E-state index is 5.27. The van der Waals surface area contributed by atoms with Crippen LogP contribution in [0.1, 0.15) is 11.1 Å². The Kier molecular flexibility index (Phi) is 3.55. The second kappa shape index (κ2) is 5.30. The first-order chi connectivity index (χ1) is 8.31. The van der Waals surface area contributed by atoms with Gasteiger partial charge in [0.05, 0.1) is 12.8 Å². The third-order valence-corrected chi connectivity index (χ3v) is 2.60. The van der Waals surface area contributed by atoms with Gasteiger partial charge in [0.2, 0.25) is 0 Å². The molecule has 2 aromatic rings. The van der Waals surface area contributed by atoms with Crippen LogP contribution in [0.4, 0.5) is 5.69 Å². The Labute approximate surface area is 102 Å². The van der Waals surface area contributed by atoms with Crippen molar-refractivity contribution in [2.75, 3.05) is 7.11 Å². The lowest BCUT2D eigenvalue weighted by molar-refractivity contribution is 0.414. The lowest BCUT2D eigenvalue weighted by Gasteiger charge is -2.03. The molecule has 0 saturated heterocycles. The fraction of sp³-hybridized carbons (Fsp3) is 0.133. The van der Waals surface area contributed by atoms with Gasteiger partial charge in [-0.1, -0.05) is 30.3 Å². The van der Waals surface area contributed by atoms with Gasteiger partial charge in [0.15, 0.2) is 0 Å². The van der Waals surface area contributed by atoms with Crippen molar-refractivity contribution in [3.63, 3.8) is 0 Å². The van der Waals surface area contributed by atoms with Gasteiger partial charge in [-0.2, -0.15) is 0 Å². The van der Waals surface area contributed by atoms with Crippen LogP contribution in [0.15, 0.2) is 53.5 Å². The van der Waals surface area contributed by atoms with Crippen molar-refractivity contribution in [1.82, 2.24) is 0 Å². The maximum Gasteiger partial charge on any atom is 0.127 e. The quantitative estimate of drug-likeness (QED) is 0.729. The van der Waals surface area contributed by atoms with Crippen molar-refractivity contribution in [1.29, 1.82) is 0 Å². The highest BCUT2D eigenvalue weighted by atomic mass is 16.5. The molecule has 0 spiro atoms. The number of para-hydroxylation sites is 2. The lowest BCUT2D eigenvalue weighted by Crippen LogP contribution is -1.89. The molecule has 86 valence electrons. The van der Waals surface area contributed by atoms with Gasteiger partial charge in [0, 0.05) is 11.8 Å². The van der Waals surface area contributed by atoms with Crippen molar-refractivity contribution in [2.24, 2.45) is 4.99 Å². The highest BCUT2D eigenvalue weighted by molar-refractivity contribution is 5.85. The number of hydrogen-bond acceptors (Lipinski definition) is 2. The van der Waals surface area contributed by atoms with E-state index in [4.69, 9.17) is 4.74 Å². The number of nitrogens with zero attached hydrogens (tertiary/aromatic N) is 1. The number of aryl methyl sites for hydroxylation is 1. The first-order valence-electron chi connectivity index (χ1n) is 5.54. The Bertz CT molecular complexity index is 532. The first kappa shape index (κ1) is 11.4. The van der Waals surface area contributed by atoms with Crippen LogP contribution in [0, 0.1) is 6.92 Å². The molecule has 2 rings (SSSR count). The molecule has 2 nitrogen and oxygen atoms in total. The fourth-order valence-corrected chi connectivity index (χ4v) is 1.62. The van der Waals surface area contributed by atoms with Crippen LogP contribution in [0.3, 0.4) is 0 Å². The third kappa shape index (κ3) is 2.72. The Hall–Kier alpha value is -2.09. The van der Waals surface area contributed by atoms with Crippen molar-refractivity contribution < 1.29 is 4.74 Å². The van der Waals surface area contributed by atoms with E-state index >= 15 is 0 Å². The summed E-state index contributed by atoms with van der Waals surface area (Å²) in [6, 6.07) is 15.9. The largest absolute Gasteiger partial charge is 0.496 e. The molecule has 0 saturated carbocycles. The molecule has 0 aromatic heterocycles. The van der Waals surface area contributed by atoms with E-state index in [1.165, 1.54) is 5.56 Å². The summed E-state index contributed by atoms with van der Waals surface area (Å²) in [6.07, 6.45) is 1.83. The van der Waals surface area contributed by atoms with E-state index in [-0.39, 0.29) is 0 Å². The van der Waals surface area contributed by atoms with Crippen molar-refractivity contribution >= 4 is 11.9 Å². The van der Waals surface area contributed by atoms with Gasteiger partial charge < -0.3 is 4.74 Å². The summed E-state index contributed by atoms with van der Waals surface area (Å²) in [6.45, 7) is 2.05. The minimum Gasteiger partial charge on any atom is -0.496 e. The fourth-order valence-electron chi connectivity index (χ4n) is 1.62. The Morgan fingerprint density at radius 1 is 1.00 bits per heavy atom. The van der Waals surface area contributed by atoms with E-state index in [2.05, 4.69) is 18.0 Å². The SMILES string of the molecule is COc1ccccc1C=Nc1ccccc1C. The van der Waals surface area contributed by atoms with Gasteiger partial charge in [-0.25, -0.2) is 0 Å². The molecule has 0 aliphatic carbocycles. The van der Waals surface area contributed by atoms with Gasteiger partial charge in [-0.05, 0) is 30.7 Å². The summed E-state index contributed by atoms with van der Waals surface area (Å²) < 4.78 is 5.27. The number of benzene rings is 2. The molecule has 0 unspecified atom stereocenters. The van der Waals surface area contributed by atoms with E-state index in [0.29, 0.717) is 0 Å².